The van der Waals surface area contributed by atoms with E-state index in [1.54, 1.807) is 6.20 Å². The van der Waals surface area contributed by atoms with E-state index in [2.05, 4.69) is 15.0 Å². The number of aliphatic hydroxyl groups is 1. The van der Waals surface area contributed by atoms with Crippen LogP contribution in [0.5, 0.6) is 0 Å². The lowest BCUT2D eigenvalue weighted by molar-refractivity contribution is 0.127. The van der Waals surface area contributed by atoms with E-state index in [0.29, 0.717) is 10.8 Å². The fourth-order valence-electron chi connectivity index (χ4n) is 3.32. The molecule has 27 heavy (non-hydrogen) atoms. The Balaban J connectivity index is 2.04. The van der Waals surface area contributed by atoms with E-state index in [1.165, 1.54) is 0 Å². The van der Waals surface area contributed by atoms with Crippen LogP contribution in [0.4, 0.5) is 0 Å². The lowest BCUT2D eigenvalue weighted by Gasteiger charge is -2.16. The molecule has 0 saturated carbocycles. The van der Waals surface area contributed by atoms with Gasteiger partial charge in [-0.05, 0) is 49.6 Å². The highest BCUT2D eigenvalue weighted by Crippen LogP contribution is 2.33. The van der Waals surface area contributed by atoms with Gasteiger partial charge in [0.2, 0.25) is 0 Å². The van der Waals surface area contributed by atoms with Crippen LogP contribution in [0.25, 0.3) is 28.1 Å². The third-order valence-electron chi connectivity index (χ3n) is 4.83. The van der Waals surface area contributed by atoms with Crippen molar-refractivity contribution in [2.75, 3.05) is 0 Å². The van der Waals surface area contributed by atoms with Crippen LogP contribution in [0, 0.1) is 19.8 Å². The number of hydrogen-bond donors (Lipinski definition) is 1. The molecule has 0 aliphatic heterocycles. The van der Waals surface area contributed by atoms with E-state index < -0.39 is 6.10 Å². The molecule has 5 nitrogen and oxygen atoms in total. The zero-order chi connectivity index (χ0) is 19.3. The first-order valence-electron chi connectivity index (χ1n) is 8.96. The molecule has 1 atom stereocenters. The number of nitrogens with zero attached hydrogens (tertiary/aromatic N) is 4. The third-order valence-corrected chi connectivity index (χ3v) is 5.16. The average Bonchev–Trinajstić information content (AvgIpc) is 3.08. The summed E-state index contributed by atoms with van der Waals surface area (Å²) in [6.07, 6.45) is 1.23. The van der Waals surface area contributed by atoms with Gasteiger partial charge in [-0.3, -0.25) is 4.40 Å². The van der Waals surface area contributed by atoms with Gasteiger partial charge in [-0.1, -0.05) is 31.5 Å². The number of fused-ring (bicyclic) bond motifs is 3. The summed E-state index contributed by atoms with van der Waals surface area (Å²) in [6, 6.07) is 9.50. The van der Waals surface area contributed by atoms with E-state index in [9.17, 15) is 5.11 Å². The van der Waals surface area contributed by atoms with E-state index >= 15 is 0 Å². The first-order valence-corrected chi connectivity index (χ1v) is 9.34. The van der Waals surface area contributed by atoms with Crippen LogP contribution in [-0.2, 0) is 0 Å². The fourth-order valence-corrected chi connectivity index (χ4v) is 3.52. The number of aromatic nitrogens is 4. The minimum absolute atomic E-state index is 0.104. The van der Waals surface area contributed by atoms with Crippen molar-refractivity contribution < 1.29 is 5.11 Å². The van der Waals surface area contributed by atoms with Crippen LogP contribution in [0.3, 0.4) is 0 Å². The normalized spacial score (nSPS) is 13.0. The first kappa shape index (κ1) is 17.9. The quantitative estimate of drug-likeness (QED) is 0.548. The molecule has 138 valence electrons. The lowest BCUT2D eigenvalue weighted by Crippen LogP contribution is -2.06. The highest BCUT2D eigenvalue weighted by atomic mass is 35.5. The molecule has 3 aromatic heterocycles. The van der Waals surface area contributed by atoms with Crippen LogP contribution < -0.4 is 0 Å². The Morgan fingerprint density at radius 3 is 2.59 bits per heavy atom. The molecule has 1 N–H and O–H groups in total. The Hall–Kier alpha value is -2.50. The molecule has 0 fully saturated rings. The van der Waals surface area contributed by atoms with E-state index in [4.69, 9.17) is 11.6 Å². The maximum absolute atomic E-state index is 10.5. The largest absolute Gasteiger partial charge is 0.388 e. The molecule has 4 rings (SSSR count). The van der Waals surface area contributed by atoms with Crippen LogP contribution in [0.15, 0.2) is 36.5 Å². The maximum atomic E-state index is 10.5. The number of benzene rings is 1. The molecular weight excluding hydrogens is 360 g/mol. The first-order chi connectivity index (χ1) is 12.9. The molecule has 1 aromatic carbocycles. The summed E-state index contributed by atoms with van der Waals surface area (Å²) < 4.78 is 2.00. The third kappa shape index (κ3) is 2.97. The van der Waals surface area contributed by atoms with E-state index in [1.807, 2.05) is 62.4 Å². The summed E-state index contributed by atoms with van der Waals surface area (Å²) in [7, 11) is 0. The Bertz CT molecular complexity index is 1170. The number of aliphatic hydroxyl groups excluding tert-OH is 1. The van der Waals surface area contributed by atoms with Crippen LogP contribution in [0.2, 0.25) is 5.02 Å². The zero-order valence-electron chi connectivity index (χ0n) is 15.7. The smallest absolute Gasteiger partial charge is 0.165 e. The van der Waals surface area contributed by atoms with Gasteiger partial charge in [0.05, 0.1) is 28.5 Å². The van der Waals surface area contributed by atoms with Crippen molar-refractivity contribution in [2.24, 2.45) is 5.92 Å². The standard InChI is InChI=1S/C21H21ClN4O/c1-11(2)19(27)14-6-7-16(22)15(9-14)20-23-10-18-13(4)25-17-8-5-12(3)24-21(17)26(18)20/h5-11,19,27H,1-4H3. The molecular formula is C21H21ClN4O. The van der Waals surface area contributed by atoms with E-state index in [-0.39, 0.29) is 5.92 Å². The molecule has 6 heteroatoms. The molecule has 0 amide bonds. The lowest BCUT2D eigenvalue weighted by atomic mass is 9.97. The zero-order valence-corrected chi connectivity index (χ0v) is 16.5. The van der Waals surface area contributed by atoms with Gasteiger partial charge in [0.25, 0.3) is 0 Å². The second-order valence-electron chi connectivity index (χ2n) is 7.22. The topological polar surface area (TPSA) is 63.3 Å². The molecule has 0 aliphatic carbocycles. The van der Waals surface area contributed by atoms with Gasteiger partial charge < -0.3 is 5.11 Å². The molecule has 3 heterocycles. The van der Waals surface area contributed by atoms with Crippen molar-refractivity contribution in [1.29, 1.82) is 0 Å². The van der Waals surface area contributed by atoms with Crippen molar-refractivity contribution in [3.05, 3.63) is 58.5 Å². The molecule has 0 spiro atoms. The second kappa shape index (κ2) is 6.59. The van der Waals surface area contributed by atoms with Gasteiger partial charge in [0.15, 0.2) is 5.65 Å². The van der Waals surface area contributed by atoms with Crippen molar-refractivity contribution in [3.8, 4) is 11.4 Å². The molecule has 0 aliphatic rings. The summed E-state index contributed by atoms with van der Waals surface area (Å²) in [5.74, 6) is 0.800. The fraction of sp³-hybridized carbons (Fsp3) is 0.286. The van der Waals surface area contributed by atoms with Gasteiger partial charge in [-0.15, -0.1) is 0 Å². The number of aryl methyl sites for hydroxylation is 2. The van der Waals surface area contributed by atoms with Gasteiger partial charge >= 0.3 is 0 Å². The number of rotatable bonds is 3. The van der Waals surface area contributed by atoms with Crippen molar-refractivity contribution >= 4 is 28.3 Å². The average molecular weight is 381 g/mol. The summed E-state index contributed by atoms with van der Waals surface area (Å²) in [6.45, 7) is 7.88. The maximum Gasteiger partial charge on any atom is 0.165 e. The Kier molecular flexibility index (Phi) is 4.36. The van der Waals surface area contributed by atoms with Crippen molar-refractivity contribution in [1.82, 2.24) is 19.4 Å². The Morgan fingerprint density at radius 1 is 1.07 bits per heavy atom. The molecule has 0 bridgehead atoms. The molecule has 0 radical (unpaired) electrons. The van der Waals surface area contributed by atoms with Crippen LogP contribution in [-0.4, -0.2) is 24.5 Å². The summed E-state index contributed by atoms with van der Waals surface area (Å²) in [5, 5.41) is 11.1. The highest BCUT2D eigenvalue weighted by molar-refractivity contribution is 6.33. The number of hydrogen-bond acceptors (Lipinski definition) is 4. The molecule has 1 unspecified atom stereocenters. The van der Waals surface area contributed by atoms with Crippen molar-refractivity contribution in [2.45, 2.75) is 33.8 Å². The van der Waals surface area contributed by atoms with Crippen LogP contribution >= 0.6 is 11.6 Å². The second-order valence-corrected chi connectivity index (χ2v) is 7.63. The predicted molar refractivity (Wildman–Crippen MR) is 108 cm³/mol. The van der Waals surface area contributed by atoms with Gasteiger partial charge in [0, 0.05) is 11.3 Å². The number of pyridine rings is 1. The monoisotopic (exact) mass is 380 g/mol. The minimum Gasteiger partial charge on any atom is -0.388 e. The van der Waals surface area contributed by atoms with Gasteiger partial charge in [-0.25, -0.2) is 15.0 Å². The highest BCUT2D eigenvalue weighted by Gasteiger charge is 2.19. The Morgan fingerprint density at radius 2 is 1.85 bits per heavy atom. The Labute approximate surface area is 162 Å². The van der Waals surface area contributed by atoms with Gasteiger partial charge in [-0.2, -0.15) is 0 Å². The SMILES string of the molecule is Cc1ccc2nc(C)c3cnc(-c4cc(C(O)C(C)C)ccc4Cl)n3c2n1. The summed E-state index contributed by atoms with van der Waals surface area (Å²) in [4.78, 5) is 14.0. The number of halogens is 1. The van der Waals surface area contributed by atoms with Crippen molar-refractivity contribution in [3.63, 3.8) is 0 Å². The number of imidazole rings is 1. The van der Waals surface area contributed by atoms with Crippen LogP contribution in [0.1, 0.15) is 36.9 Å². The van der Waals surface area contributed by atoms with E-state index in [0.717, 1.165) is 39.2 Å². The van der Waals surface area contributed by atoms with Gasteiger partial charge in [0.1, 0.15) is 11.3 Å². The predicted octanol–water partition coefficient (Wildman–Crippen LogP) is 4.90. The summed E-state index contributed by atoms with van der Waals surface area (Å²) >= 11 is 6.52. The summed E-state index contributed by atoms with van der Waals surface area (Å²) in [5.41, 5.74) is 5.81. The molecule has 4 aromatic rings. The minimum atomic E-state index is -0.562. The molecule has 0 saturated heterocycles.